The molecule has 0 radical (unpaired) electrons. The van der Waals surface area contributed by atoms with Gasteiger partial charge in [-0.15, -0.1) is 0 Å². The number of carboxylic acids is 1. The van der Waals surface area contributed by atoms with E-state index in [9.17, 15) is 18.3 Å². The molecule has 0 saturated heterocycles. The molecule has 0 aliphatic heterocycles. The summed E-state index contributed by atoms with van der Waals surface area (Å²) in [7, 11) is -3.96. The van der Waals surface area contributed by atoms with Crippen molar-refractivity contribution in [3.05, 3.63) is 29.8 Å². The fourth-order valence-electron chi connectivity index (χ4n) is 1.13. The Kier molecular flexibility index (Phi) is 4.22. The van der Waals surface area contributed by atoms with Gasteiger partial charge in [0.2, 0.25) is 10.0 Å². The summed E-state index contributed by atoms with van der Waals surface area (Å²) in [5.41, 5.74) is 0.877. The molecule has 2 N–H and O–H groups in total. The fraction of sp³-hybridized carbons (Fsp3) is 0.300. The van der Waals surface area contributed by atoms with Gasteiger partial charge in [0.25, 0.3) is 0 Å². The van der Waals surface area contributed by atoms with Crippen LogP contribution in [0.25, 0.3) is 0 Å². The molecule has 1 atom stereocenters. The van der Waals surface area contributed by atoms with E-state index in [1.165, 1.54) is 12.1 Å². The molecule has 1 rings (SSSR count). The zero-order valence-electron chi connectivity index (χ0n) is 9.08. The van der Waals surface area contributed by atoms with Crippen LogP contribution in [0.5, 0.6) is 0 Å². The van der Waals surface area contributed by atoms with Gasteiger partial charge in [0.05, 0.1) is 23.5 Å². The molecule has 0 amide bonds. The second-order valence-electron chi connectivity index (χ2n) is 3.49. The Morgan fingerprint density at radius 3 is 2.35 bits per heavy atom. The van der Waals surface area contributed by atoms with Gasteiger partial charge < -0.3 is 15.0 Å². The molecule has 0 fully saturated rings. The van der Waals surface area contributed by atoms with Gasteiger partial charge in [0.1, 0.15) is 0 Å². The number of aliphatic carboxylic acids is 1. The van der Waals surface area contributed by atoms with E-state index < -0.39 is 28.6 Å². The fourth-order valence-corrected chi connectivity index (χ4v) is 2.31. The van der Waals surface area contributed by atoms with Crippen LogP contribution in [-0.4, -0.2) is 32.1 Å². The zero-order chi connectivity index (χ0) is 13.1. The summed E-state index contributed by atoms with van der Waals surface area (Å²) in [5.74, 6) is -1.68. The van der Waals surface area contributed by atoms with Crippen molar-refractivity contribution in [3.63, 3.8) is 0 Å². The van der Waals surface area contributed by atoms with Crippen LogP contribution in [0.1, 0.15) is 5.56 Å². The van der Waals surface area contributed by atoms with Crippen molar-refractivity contribution < 1.29 is 23.4 Å². The second kappa shape index (κ2) is 5.26. The molecule has 0 aliphatic carbocycles. The Morgan fingerprint density at radius 1 is 1.41 bits per heavy atom. The molecule has 94 valence electrons. The van der Waals surface area contributed by atoms with Crippen LogP contribution in [0.2, 0.25) is 0 Å². The van der Waals surface area contributed by atoms with E-state index in [2.05, 4.69) is 0 Å². The smallest absolute Gasteiger partial charge is 0.241 e. The van der Waals surface area contributed by atoms with Crippen LogP contribution in [-0.2, 0) is 14.8 Å². The highest BCUT2D eigenvalue weighted by atomic mass is 32.2. The number of hydrogen-bond donors (Lipinski definition) is 2. The maximum atomic E-state index is 11.7. The second-order valence-corrected chi connectivity index (χ2v) is 5.20. The zero-order valence-corrected chi connectivity index (χ0v) is 9.90. The van der Waals surface area contributed by atoms with Crippen LogP contribution in [0.3, 0.4) is 0 Å². The van der Waals surface area contributed by atoms with Crippen LogP contribution in [0, 0.1) is 6.92 Å². The highest BCUT2D eigenvalue weighted by Crippen LogP contribution is 2.10. The molecule has 0 aromatic heterocycles. The van der Waals surface area contributed by atoms with E-state index in [0.29, 0.717) is 0 Å². The summed E-state index contributed by atoms with van der Waals surface area (Å²) in [4.78, 5) is 10.4. The predicted molar refractivity (Wildman–Crippen MR) is 57.4 cm³/mol. The molecular weight excluding hydrogens is 246 g/mol. The van der Waals surface area contributed by atoms with Crippen molar-refractivity contribution in [1.82, 2.24) is 4.72 Å². The maximum Gasteiger partial charge on any atom is 0.241 e. The Morgan fingerprint density at radius 2 is 1.94 bits per heavy atom. The Hall–Kier alpha value is -1.44. The van der Waals surface area contributed by atoms with Crippen molar-refractivity contribution in [2.24, 2.45) is 0 Å². The third-order valence-electron chi connectivity index (χ3n) is 2.10. The highest BCUT2D eigenvalue weighted by molar-refractivity contribution is 7.89. The average Bonchev–Trinajstić information content (AvgIpc) is 2.26. The van der Waals surface area contributed by atoms with Gasteiger partial charge in [-0.3, -0.25) is 0 Å². The van der Waals surface area contributed by atoms with Gasteiger partial charge in [0.15, 0.2) is 0 Å². The molecular formula is C10H12NO5S-. The number of nitrogens with one attached hydrogen (secondary N) is 1. The van der Waals surface area contributed by atoms with E-state index in [1.54, 1.807) is 19.1 Å². The topological polar surface area (TPSA) is 107 Å². The van der Waals surface area contributed by atoms with Gasteiger partial charge in [-0.25, -0.2) is 13.1 Å². The number of carbonyl (C=O) groups excluding carboxylic acids is 1. The van der Waals surface area contributed by atoms with Crippen LogP contribution in [0.15, 0.2) is 29.2 Å². The number of sulfonamides is 1. The van der Waals surface area contributed by atoms with Gasteiger partial charge >= 0.3 is 0 Å². The van der Waals surface area contributed by atoms with E-state index in [-0.39, 0.29) is 4.90 Å². The van der Waals surface area contributed by atoms with Gasteiger partial charge in [-0.2, -0.15) is 0 Å². The Labute approximate surface area is 99.0 Å². The lowest BCUT2D eigenvalue weighted by Gasteiger charge is -2.17. The summed E-state index contributed by atoms with van der Waals surface area (Å²) in [6.07, 6.45) is 0. The van der Waals surface area contributed by atoms with Crippen molar-refractivity contribution in [3.8, 4) is 0 Å². The number of carboxylic acid groups (broad SMARTS) is 1. The lowest BCUT2D eigenvalue weighted by molar-refractivity contribution is -0.308. The molecule has 0 aliphatic rings. The third kappa shape index (κ3) is 3.52. The van der Waals surface area contributed by atoms with E-state index in [0.717, 1.165) is 5.56 Å². The molecule has 1 aromatic rings. The predicted octanol–water partition coefficient (Wildman–Crippen LogP) is -1.62. The molecule has 6 nitrogen and oxygen atoms in total. The maximum absolute atomic E-state index is 11.7. The van der Waals surface area contributed by atoms with Gasteiger partial charge in [-0.1, -0.05) is 17.7 Å². The van der Waals surface area contributed by atoms with Crippen molar-refractivity contribution in [2.75, 3.05) is 6.61 Å². The average molecular weight is 258 g/mol. The van der Waals surface area contributed by atoms with E-state index in [1.807, 2.05) is 4.72 Å². The van der Waals surface area contributed by atoms with Crippen LogP contribution in [0.4, 0.5) is 0 Å². The number of aryl methyl sites for hydroxylation is 1. The van der Waals surface area contributed by atoms with Gasteiger partial charge in [0, 0.05) is 0 Å². The summed E-state index contributed by atoms with van der Waals surface area (Å²) in [6, 6.07) is 4.22. The largest absolute Gasteiger partial charge is 0.548 e. The lowest BCUT2D eigenvalue weighted by Crippen LogP contribution is -2.49. The number of aliphatic hydroxyl groups is 1. The number of hydrogen-bond acceptors (Lipinski definition) is 5. The first kappa shape index (κ1) is 13.6. The van der Waals surface area contributed by atoms with E-state index in [4.69, 9.17) is 5.11 Å². The standard InChI is InChI=1S/C10H13NO5S/c1-7-2-4-8(5-3-7)17(15,16)11-9(6-12)10(13)14/h2-5,9,11-12H,6H2,1H3,(H,13,14)/p-1/t9-/m0/s1. The molecule has 0 unspecified atom stereocenters. The molecule has 1 aromatic carbocycles. The first-order valence-corrected chi connectivity index (χ1v) is 6.26. The first-order valence-electron chi connectivity index (χ1n) is 4.77. The summed E-state index contributed by atoms with van der Waals surface area (Å²) < 4.78 is 25.2. The quantitative estimate of drug-likeness (QED) is 0.660. The molecule has 0 heterocycles. The number of carbonyl (C=O) groups is 1. The first-order chi connectivity index (χ1) is 7.86. The van der Waals surface area contributed by atoms with Crippen LogP contribution < -0.4 is 9.83 Å². The molecule has 0 spiro atoms. The molecule has 7 heteroatoms. The summed E-state index contributed by atoms with van der Waals surface area (Å²) >= 11 is 0. The minimum Gasteiger partial charge on any atom is -0.548 e. The van der Waals surface area contributed by atoms with E-state index >= 15 is 0 Å². The minimum absolute atomic E-state index is 0.0669. The highest BCUT2D eigenvalue weighted by Gasteiger charge is 2.19. The molecule has 17 heavy (non-hydrogen) atoms. The third-order valence-corrected chi connectivity index (χ3v) is 3.58. The number of aliphatic hydroxyl groups excluding tert-OH is 1. The normalized spacial score (nSPS) is 13.3. The molecule has 0 bridgehead atoms. The van der Waals surface area contributed by atoms with Gasteiger partial charge in [-0.05, 0) is 19.1 Å². The van der Waals surface area contributed by atoms with Crippen molar-refractivity contribution >= 4 is 16.0 Å². The Bertz CT molecular complexity index is 494. The molecule has 0 saturated carbocycles. The number of rotatable bonds is 5. The van der Waals surface area contributed by atoms with Crippen molar-refractivity contribution in [2.45, 2.75) is 17.9 Å². The monoisotopic (exact) mass is 258 g/mol. The lowest BCUT2D eigenvalue weighted by atomic mass is 10.2. The summed E-state index contributed by atoms with van der Waals surface area (Å²) in [6.45, 7) is 0.926. The number of benzene rings is 1. The minimum atomic E-state index is -3.96. The Balaban J connectivity index is 2.96. The van der Waals surface area contributed by atoms with Crippen molar-refractivity contribution in [1.29, 1.82) is 0 Å². The van der Waals surface area contributed by atoms with Crippen LogP contribution >= 0.6 is 0 Å². The SMILES string of the molecule is Cc1ccc(S(=O)(=O)N[C@@H](CO)C(=O)[O-])cc1. The summed E-state index contributed by atoms with van der Waals surface area (Å²) in [5, 5.41) is 19.2.